The van der Waals surface area contributed by atoms with Crippen molar-refractivity contribution in [1.29, 1.82) is 0 Å². The second kappa shape index (κ2) is 3.96. The predicted octanol–water partition coefficient (Wildman–Crippen LogP) is 3.22. The number of hydrogen-bond acceptors (Lipinski definition) is 1. The molecule has 0 N–H and O–H groups in total. The van der Waals surface area contributed by atoms with E-state index in [4.69, 9.17) is 4.74 Å². The zero-order valence-electron chi connectivity index (χ0n) is 10.2. The van der Waals surface area contributed by atoms with Crippen LogP contribution >= 0.6 is 0 Å². The Labute approximate surface area is 94.6 Å². The van der Waals surface area contributed by atoms with Crippen LogP contribution in [0.2, 0.25) is 19.6 Å². The third kappa shape index (κ3) is 2.86. The maximum absolute atomic E-state index is 5.68. The Morgan fingerprint density at radius 3 is 2.20 bits per heavy atom. The topological polar surface area (TPSA) is 12.5 Å². The average Bonchev–Trinajstić information content (AvgIpc) is 2.96. The fraction of sp³-hybridized carbons (Fsp3) is 0.846. The molecule has 0 aromatic carbocycles. The van der Waals surface area contributed by atoms with Gasteiger partial charge in [-0.2, -0.15) is 0 Å². The average molecular weight is 222 g/mol. The Balaban J connectivity index is 2.02. The van der Waals surface area contributed by atoms with Crippen LogP contribution in [0.25, 0.3) is 0 Å². The molecule has 0 amide bonds. The number of ether oxygens (including phenoxy) is 1. The molecular weight excluding hydrogens is 200 g/mol. The lowest BCUT2D eigenvalue weighted by Crippen LogP contribution is -2.26. The van der Waals surface area contributed by atoms with E-state index in [0.29, 0.717) is 0 Å². The lowest BCUT2D eigenvalue weighted by Gasteiger charge is -2.24. The Morgan fingerprint density at radius 1 is 1.13 bits per heavy atom. The molecule has 1 unspecified atom stereocenters. The van der Waals surface area contributed by atoms with Gasteiger partial charge in [0.2, 0.25) is 0 Å². The van der Waals surface area contributed by atoms with Gasteiger partial charge < -0.3 is 4.74 Å². The first-order valence-electron chi connectivity index (χ1n) is 6.20. The van der Waals surface area contributed by atoms with Crippen molar-refractivity contribution in [2.24, 2.45) is 5.92 Å². The highest BCUT2D eigenvalue weighted by Gasteiger charge is 2.50. The van der Waals surface area contributed by atoms with Crippen LogP contribution in [0.15, 0.2) is 0 Å². The van der Waals surface area contributed by atoms with Gasteiger partial charge in [-0.1, -0.05) is 44.8 Å². The van der Waals surface area contributed by atoms with Crippen molar-refractivity contribution in [3.05, 3.63) is 0 Å². The van der Waals surface area contributed by atoms with Crippen molar-refractivity contribution < 1.29 is 4.74 Å². The zero-order valence-corrected chi connectivity index (χ0v) is 11.2. The molecule has 15 heavy (non-hydrogen) atoms. The monoisotopic (exact) mass is 222 g/mol. The molecule has 1 aliphatic heterocycles. The van der Waals surface area contributed by atoms with Gasteiger partial charge in [-0.25, -0.2) is 0 Å². The molecule has 1 saturated heterocycles. The van der Waals surface area contributed by atoms with Gasteiger partial charge in [-0.05, 0) is 12.8 Å². The molecule has 2 fully saturated rings. The van der Waals surface area contributed by atoms with Gasteiger partial charge in [0, 0.05) is 5.92 Å². The van der Waals surface area contributed by atoms with Crippen LogP contribution in [0.5, 0.6) is 0 Å². The second-order valence-corrected chi connectivity index (χ2v) is 10.8. The molecule has 1 saturated carbocycles. The van der Waals surface area contributed by atoms with Gasteiger partial charge in [-0.3, -0.25) is 0 Å². The van der Waals surface area contributed by atoms with Crippen molar-refractivity contribution in [2.75, 3.05) is 6.61 Å². The van der Waals surface area contributed by atoms with Crippen molar-refractivity contribution in [3.8, 4) is 11.5 Å². The maximum atomic E-state index is 5.68. The summed E-state index contributed by atoms with van der Waals surface area (Å²) in [5.74, 6) is 4.20. The molecule has 0 spiro atoms. The van der Waals surface area contributed by atoms with Crippen LogP contribution in [0.4, 0.5) is 0 Å². The minimum atomic E-state index is -1.23. The van der Waals surface area contributed by atoms with Gasteiger partial charge in [0.25, 0.3) is 0 Å². The van der Waals surface area contributed by atoms with Crippen LogP contribution in [-0.4, -0.2) is 20.3 Å². The van der Waals surface area contributed by atoms with E-state index >= 15 is 0 Å². The van der Waals surface area contributed by atoms with E-state index < -0.39 is 8.07 Å². The first-order valence-corrected chi connectivity index (χ1v) is 9.70. The molecule has 1 atom stereocenters. The first-order chi connectivity index (χ1) is 7.02. The largest absolute Gasteiger partial charge is 0.356 e. The molecular formula is C13H22OSi. The highest BCUT2D eigenvalue weighted by Crippen LogP contribution is 2.42. The third-order valence-electron chi connectivity index (χ3n) is 3.37. The van der Waals surface area contributed by atoms with Crippen LogP contribution in [0, 0.1) is 17.4 Å². The van der Waals surface area contributed by atoms with Crippen LogP contribution in [-0.2, 0) is 4.74 Å². The molecule has 2 rings (SSSR count). The summed E-state index contributed by atoms with van der Waals surface area (Å²) in [6, 6.07) is 0. The molecule has 0 radical (unpaired) electrons. The van der Waals surface area contributed by atoms with Crippen LogP contribution in [0.3, 0.4) is 0 Å². The lowest BCUT2D eigenvalue weighted by atomic mass is 9.80. The minimum absolute atomic E-state index is 0.000694. The first kappa shape index (κ1) is 11.2. The maximum Gasteiger partial charge on any atom is 0.154 e. The van der Waals surface area contributed by atoms with E-state index in [0.717, 1.165) is 12.5 Å². The Morgan fingerprint density at radius 2 is 1.73 bits per heavy atom. The molecule has 0 bridgehead atoms. The van der Waals surface area contributed by atoms with E-state index in [2.05, 4.69) is 31.1 Å². The number of hydrogen-bond donors (Lipinski definition) is 0. The standard InChI is InChI=1S/C13H22OSi/c1-15(2,3)10-9-13(11-14-13)12-7-5-4-6-8-12/h12H,4-8,11H2,1-3H3. The Hall–Kier alpha value is -0.263. The fourth-order valence-corrected chi connectivity index (χ4v) is 2.94. The van der Waals surface area contributed by atoms with Gasteiger partial charge in [0.05, 0.1) is 6.61 Å². The summed E-state index contributed by atoms with van der Waals surface area (Å²) in [6.45, 7) is 7.81. The van der Waals surface area contributed by atoms with E-state index in [1.54, 1.807) is 0 Å². The highest BCUT2D eigenvalue weighted by molar-refractivity contribution is 6.83. The molecule has 0 aromatic rings. The van der Waals surface area contributed by atoms with Crippen molar-refractivity contribution in [2.45, 2.75) is 57.3 Å². The zero-order chi connectivity index (χ0) is 10.9. The summed E-state index contributed by atoms with van der Waals surface area (Å²) in [4.78, 5) is 0. The third-order valence-corrected chi connectivity index (χ3v) is 4.24. The second-order valence-electron chi connectivity index (χ2n) is 6.01. The minimum Gasteiger partial charge on any atom is -0.356 e. The SMILES string of the molecule is C[Si](C)(C)C#CC1(C2CCCCC2)CO1. The Kier molecular flexibility index (Phi) is 2.96. The normalized spacial score (nSPS) is 31.9. The van der Waals surface area contributed by atoms with Crippen molar-refractivity contribution >= 4 is 8.07 Å². The highest BCUT2D eigenvalue weighted by atomic mass is 28.3. The van der Waals surface area contributed by atoms with Gasteiger partial charge >= 0.3 is 0 Å². The predicted molar refractivity (Wildman–Crippen MR) is 66.4 cm³/mol. The van der Waals surface area contributed by atoms with Gasteiger partial charge in [-0.15, -0.1) is 5.54 Å². The molecule has 1 aliphatic carbocycles. The summed E-state index contributed by atoms with van der Waals surface area (Å²) in [5, 5.41) is 0. The molecule has 1 nitrogen and oxygen atoms in total. The van der Waals surface area contributed by atoms with Gasteiger partial charge in [0.15, 0.2) is 5.60 Å². The van der Waals surface area contributed by atoms with E-state index in [9.17, 15) is 0 Å². The number of rotatable bonds is 1. The van der Waals surface area contributed by atoms with E-state index in [1.807, 2.05) is 0 Å². The summed E-state index contributed by atoms with van der Waals surface area (Å²) in [7, 11) is -1.23. The van der Waals surface area contributed by atoms with E-state index in [1.165, 1.54) is 32.1 Å². The molecule has 2 aliphatic rings. The molecule has 1 heterocycles. The summed E-state index contributed by atoms with van der Waals surface area (Å²) in [5.41, 5.74) is 3.49. The van der Waals surface area contributed by atoms with Crippen molar-refractivity contribution in [1.82, 2.24) is 0 Å². The van der Waals surface area contributed by atoms with Crippen LogP contribution < -0.4 is 0 Å². The van der Waals surface area contributed by atoms with Crippen molar-refractivity contribution in [3.63, 3.8) is 0 Å². The number of epoxide rings is 1. The molecule has 0 aromatic heterocycles. The van der Waals surface area contributed by atoms with E-state index in [-0.39, 0.29) is 5.60 Å². The fourth-order valence-electron chi connectivity index (χ4n) is 2.35. The smallest absolute Gasteiger partial charge is 0.154 e. The summed E-state index contributed by atoms with van der Waals surface area (Å²) >= 11 is 0. The molecule has 2 heteroatoms. The summed E-state index contributed by atoms with van der Waals surface area (Å²) in [6.07, 6.45) is 6.84. The van der Waals surface area contributed by atoms with Crippen LogP contribution in [0.1, 0.15) is 32.1 Å². The lowest BCUT2D eigenvalue weighted by molar-refractivity contribution is 0.220. The quantitative estimate of drug-likeness (QED) is 0.377. The summed E-state index contributed by atoms with van der Waals surface area (Å²) < 4.78 is 5.68. The molecule has 84 valence electrons. The van der Waals surface area contributed by atoms with Gasteiger partial charge in [0.1, 0.15) is 8.07 Å². The Bertz CT molecular complexity index is 282.